The molecule has 0 bridgehead atoms. The van der Waals surface area contributed by atoms with Crippen LogP contribution in [0.25, 0.3) is 0 Å². The predicted octanol–water partition coefficient (Wildman–Crippen LogP) is 2.17. The SMILES string of the molecule is O=S(=O)(NCc1ccc2c(c1)OCO2)c1ccc(F)cc1F. The van der Waals surface area contributed by atoms with Crippen molar-refractivity contribution in [2.24, 2.45) is 0 Å². The number of halogens is 2. The second-order valence-electron chi connectivity index (χ2n) is 4.59. The van der Waals surface area contributed by atoms with Gasteiger partial charge in [-0.1, -0.05) is 6.07 Å². The summed E-state index contributed by atoms with van der Waals surface area (Å²) in [6, 6.07) is 7.24. The van der Waals surface area contributed by atoms with Crippen LogP contribution in [0.15, 0.2) is 41.3 Å². The lowest BCUT2D eigenvalue weighted by atomic mass is 10.2. The van der Waals surface area contributed by atoms with Crippen molar-refractivity contribution >= 4 is 10.0 Å². The van der Waals surface area contributed by atoms with Crippen molar-refractivity contribution in [2.75, 3.05) is 6.79 Å². The van der Waals surface area contributed by atoms with E-state index in [-0.39, 0.29) is 13.3 Å². The molecule has 5 nitrogen and oxygen atoms in total. The van der Waals surface area contributed by atoms with Crippen molar-refractivity contribution in [3.05, 3.63) is 53.6 Å². The van der Waals surface area contributed by atoms with Crippen molar-refractivity contribution in [1.82, 2.24) is 4.72 Å². The first-order chi connectivity index (χ1) is 10.5. The molecule has 0 saturated heterocycles. The van der Waals surface area contributed by atoms with Gasteiger partial charge in [-0.3, -0.25) is 0 Å². The van der Waals surface area contributed by atoms with Crippen molar-refractivity contribution < 1.29 is 26.7 Å². The molecule has 8 heteroatoms. The molecule has 1 aliphatic rings. The molecule has 0 radical (unpaired) electrons. The number of ether oxygens (including phenoxy) is 2. The monoisotopic (exact) mass is 327 g/mol. The second-order valence-corrected chi connectivity index (χ2v) is 6.32. The molecular weight excluding hydrogens is 316 g/mol. The van der Waals surface area contributed by atoms with E-state index < -0.39 is 26.6 Å². The van der Waals surface area contributed by atoms with Crippen LogP contribution in [0, 0.1) is 11.6 Å². The zero-order valence-corrected chi connectivity index (χ0v) is 12.0. The molecule has 116 valence electrons. The number of nitrogens with one attached hydrogen (secondary N) is 1. The Hall–Kier alpha value is -2.19. The molecule has 2 aromatic rings. The first-order valence-corrected chi connectivity index (χ1v) is 7.77. The van der Waals surface area contributed by atoms with E-state index in [1.807, 2.05) is 0 Å². The third-order valence-electron chi connectivity index (χ3n) is 3.09. The van der Waals surface area contributed by atoms with Gasteiger partial charge in [-0.05, 0) is 29.8 Å². The molecule has 1 aliphatic heterocycles. The summed E-state index contributed by atoms with van der Waals surface area (Å²) < 4.78 is 63.1. The number of hydrogen-bond donors (Lipinski definition) is 1. The third kappa shape index (κ3) is 2.88. The summed E-state index contributed by atoms with van der Waals surface area (Å²) in [5.74, 6) is -0.883. The number of rotatable bonds is 4. The van der Waals surface area contributed by atoms with Gasteiger partial charge in [0, 0.05) is 12.6 Å². The van der Waals surface area contributed by atoms with Gasteiger partial charge in [0.15, 0.2) is 11.5 Å². The summed E-state index contributed by atoms with van der Waals surface area (Å²) in [4.78, 5) is -0.602. The van der Waals surface area contributed by atoms with E-state index in [1.54, 1.807) is 18.2 Å². The minimum atomic E-state index is -4.08. The van der Waals surface area contributed by atoms with Gasteiger partial charge in [-0.15, -0.1) is 0 Å². The highest BCUT2D eigenvalue weighted by Crippen LogP contribution is 2.32. The van der Waals surface area contributed by atoms with Crippen LogP contribution in [0.3, 0.4) is 0 Å². The lowest BCUT2D eigenvalue weighted by Crippen LogP contribution is -2.24. The first kappa shape index (κ1) is 14.7. The number of fused-ring (bicyclic) bond motifs is 1. The van der Waals surface area contributed by atoms with E-state index >= 15 is 0 Å². The zero-order chi connectivity index (χ0) is 15.7. The fourth-order valence-electron chi connectivity index (χ4n) is 2.00. The molecular formula is C14H11F2NO4S. The van der Waals surface area contributed by atoms with E-state index in [0.29, 0.717) is 23.1 Å². The van der Waals surface area contributed by atoms with E-state index in [0.717, 1.165) is 12.1 Å². The first-order valence-electron chi connectivity index (χ1n) is 6.29. The van der Waals surface area contributed by atoms with Crippen LogP contribution in [0.1, 0.15) is 5.56 Å². The predicted molar refractivity (Wildman–Crippen MR) is 72.9 cm³/mol. The minimum absolute atomic E-state index is 0.0597. The molecule has 1 heterocycles. The maximum Gasteiger partial charge on any atom is 0.243 e. The van der Waals surface area contributed by atoms with Gasteiger partial charge >= 0.3 is 0 Å². The quantitative estimate of drug-likeness (QED) is 0.935. The largest absolute Gasteiger partial charge is 0.454 e. The molecule has 0 aliphatic carbocycles. The van der Waals surface area contributed by atoms with Gasteiger partial charge in [0.25, 0.3) is 0 Å². The molecule has 0 unspecified atom stereocenters. The molecule has 0 saturated carbocycles. The maximum atomic E-state index is 13.6. The Kier molecular flexibility index (Phi) is 3.71. The van der Waals surface area contributed by atoms with Gasteiger partial charge in [0.05, 0.1) is 0 Å². The summed E-state index contributed by atoms with van der Waals surface area (Å²) in [5, 5.41) is 0. The summed E-state index contributed by atoms with van der Waals surface area (Å²) >= 11 is 0. The standard InChI is InChI=1S/C14H11F2NO4S/c15-10-2-4-14(11(16)6-10)22(18,19)17-7-9-1-3-12-13(5-9)21-8-20-12/h1-6,17H,7-8H2. The number of hydrogen-bond acceptors (Lipinski definition) is 4. The van der Waals surface area contributed by atoms with Gasteiger partial charge in [0.2, 0.25) is 16.8 Å². The van der Waals surface area contributed by atoms with E-state index in [1.165, 1.54) is 0 Å². The van der Waals surface area contributed by atoms with Crippen LogP contribution >= 0.6 is 0 Å². The smallest absolute Gasteiger partial charge is 0.243 e. The molecule has 0 spiro atoms. The highest BCUT2D eigenvalue weighted by molar-refractivity contribution is 7.89. The minimum Gasteiger partial charge on any atom is -0.454 e. The van der Waals surface area contributed by atoms with Crippen molar-refractivity contribution in [3.8, 4) is 11.5 Å². The van der Waals surface area contributed by atoms with E-state index in [4.69, 9.17) is 9.47 Å². The van der Waals surface area contributed by atoms with Crippen LogP contribution in [0.4, 0.5) is 8.78 Å². The van der Waals surface area contributed by atoms with E-state index in [2.05, 4.69) is 4.72 Å². The van der Waals surface area contributed by atoms with Gasteiger partial charge in [0.1, 0.15) is 16.5 Å². The molecule has 3 rings (SSSR count). The van der Waals surface area contributed by atoms with Crippen molar-refractivity contribution in [2.45, 2.75) is 11.4 Å². The second kappa shape index (κ2) is 5.54. The topological polar surface area (TPSA) is 64.6 Å². The van der Waals surface area contributed by atoms with Crippen LogP contribution in [-0.4, -0.2) is 15.2 Å². The normalized spacial score (nSPS) is 13.4. The van der Waals surface area contributed by atoms with Crippen molar-refractivity contribution in [1.29, 1.82) is 0 Å². The molecule has 22 heavy (non-hydrogen) atoms. The van der Waals surface area contributed by atoms with Gasteiger partial charge < -0.3 is 9.47 Å². The summed E-state index contributed by atoms with van der Waals surface area (Å²) in [5.41, 5.74) is 0.621. The lowest BCUT2D eigenvalue weighted by Gasteiger charge is -2.08. The number of benzene rings is 2. The fraction of sp³-hybridized carbons (Fsp3) is 0.143. The summed E-state index contributed by atoms with van der Waals surface area (Å²) in [6.07, 6.45) is 0. The molecule has 0 atom stereocenters. The molecule has 0 amide bonds. The van der Waals surface area contributed by atoms with Crippen LogP contribution < -0.4 is 14.2 Å². The molecule has 0 fully saturated rings. The number of sulfonamides is 1. The maximum absolute atomic E-state index is 13.6. The van der Waals surface area contributed by atoms with Crippen LogP contribution in [0.5, 0.6) is 11.5 Å². The fourth-order valence-corrected chi connectivity index (χ4v) is 3.08. The Morgan fingerprint density at radius 1 is 1.05 bits per heavy atom. The highest BCUT2D eigenvalue weighted by atomic mass is 32.2. The van der Waals surface area contributed by atoms with Crippen LogP contribution in [0.2, 0.25) is 0 Å². The summed E-state index contributed by atoms with van der Waals surface area (Å²) in [7, 11) is -4.08. The van der Waals surface area contributed by atoms with Gasteiger partial charge in [-0.2, -0.15) is 0 Å². The van der Waals surface area contributed by atoms with Crippen LogP contribution in [-0.2, 0) is 16.6 Å². The molecule has 1 N–H and O–H groups in total. The Morgan fingerprint density at radius 3 is 2.59 bits per heavy atom. The Labute approximate surface area is 125 Å². The Bertz CT molecular complexity index is 824. The highest BCUT2D eigenvalue weighted by Gasteiger charge is 2.20. The lowest BCUT2D eigenvalue weighted by molar-refractivity contribution is 0.174. The molecule has 0 aromatic heterocycles. The Balaban J connectivity index is 1.77. The third-order valence-corrected chi connectivity index (χ3v) is 4.52. The molecule has 2 aromatic carbocycles. The Morgan fingerprint density at radius 2 is 1.82 bits per heavy atom. The zero-order valence-electron chi connectivity index (χ0n) is 11.2. The summed E-state index contributed by atoms with van der Waals surface area (Å²) in [6.45, 7) is 0.0566. The van der Waals surface area contributed by atoms with Crippen molar-refractivity contribution in [3.63, 3.8) is 0 Å². The average Bonchev–Trinajstić information content (AvgIpc) is 2.92. The average molecular weight is 327 g/mol. The van der Waals surface area contributed by atoms with E-state index in [9.17, 15) is 17.2 Å². The van der Waals surface area contributed by atoms with Gasteiger partial charge in [-0.25, -0.2) is 21.9 Å².